The third-order valence-corrected chi connectivity index (χ3v) is 5.23. The van der Waals surface area contributed by atoms with Gasteiger partial charge in [-0.15, -0.1) is 0 Å². The summed E-state index contributed by atoms with van der Waals surface area (Å²) in [5.41, 5.74) is 8.02. The van der Waals surface area contributed by atoms with E-state index in [1.54, 1.807) is 18.4 Å². The number of rotatable bonds is 10. The lowest BCUT2D eigenvalue weighted by Crippen LogP contribution is -2.10. The molecule has 0 aliphatic rings. The third kappa shape index (κ3) is 6.28. The molecule has 0 saturated carbocycles. The van der Waals surface area contributed by atoms with Crippen LogP contribution >= 0.6 is 0 Å². The zero-order chi connectivity index (χ0) is 20.5. The second-order valence-electron chi connectivity index (χ2n) is 6.34. The lowest BCUT2D eigenvalue weighted by atomic mass is 10.0. The van der Waals surface area contributed by atoms with Gasteiger partial charge in [0.05, 0.1) is 13.7 Å². The first-order valence-electron chi connectivity index (χ1n) is 9.04. The molecular weight excluding hydrogens is 376 g/mol. The van der Waals surface area contributed by atoms with Crippen LogP contribution in [0.1, 0.15) is 31.2 Å². The topological polar surface area (TPSA) is 108 Å². The Bertz CT molecular complexity index is 807. The van der Waals surface area contributed by atoms with E-state index in [1.807, 2.05) is 30.3 Å². The van der Waals surface area contributed by atoms with Gasteiger partial charge in [-0.2, -0.15) is 0 Å². The molecule has 0 heterocycles. The third-order valence-electron chi connectivity index (χ3n) is 4.29. The molecule has 1 atom stereocenters. The summed E-state index contributed by atoms with van der Waals surface area (Å²) in [5, 5.41) is 7.46. The number of hydrogen-bond donors (Lipinski definition) is 2. The van der Waals surface area contributed by atoms with Crippen molar-refractivity contribution in [1.82, 2.24) is 0 Å². The van der Waals surface area contributed by atoms with Gasteiger partial charge in [-0.3, -0.25) is 10.2 Å². The van der Waals surface area contributed by atoms with E-state index in [2.05, 4.69) is 4.74 Å². The van der Waals surface area contributed by atoms with Gasteiger partial charge in [0.1, 0.15) is 12.1 Å². The Labute approximate surface area is 168 Å². The number of carbonyl (C=O) groups is 1. The highest BCUT2D eigenvalue weighted by Crippen LogP contribution is 2.30. The van der Waals surface area contributed by atoms with E-state index >= 15 is 0 Å². The number of unbranched alkanes of at least 4 members (excludes halogenated alkanes) is 2. The molecule has 2 aromatic carbocycles. The van der Waals surface area contributed by atoms with Crippen LogP contribution in [0.4, 0.5) is 0 Å². The highest BCUT2D eigenvalue weighted by atomic mass is 32.2. The second kappa shape index (κ2) is 10.7. The van der Waals surface area contributed by atoms with Crippen molar-refractivity contribution in [3.05, 3.63) is 48.0 Å². The van der Waals surface area contributed by atoms with Crippen LogP contribution in [0.25, 0.3) is 11.1 Å². The zero-order valence-corrected chi connectivity index (χ0v) is 17.0. The first-order valence-corrected chi connectivity index (χ1v) is 10.6. The monoisotopic (exact) mass is 402 g/mol. The molecule has 2 rings (SSSR count). The molecule has 0 saturated heterocycles. The summed E-state index contributed by atoms with van der Waals surface area (Å²) in [7, 11) is 1.39. The van der Waals surface area contributed by atoms with Crippen LogP contribution in [-0.2, 0) is 20.7 Å². The van der Waals surface area contributed by atoms with Gasteiger partial charge in [0.2, 0.25) is 0 Å². The van der Waals surface area contributed by atoms with Crippen LogP contribution in [0.3, 0.4) is 0 Å². The maximum absolute atomic E-state index is 12.2. The van der Waals surface area contributed by atoms with Gasteiger partial charge in [0.25, 0.3) is 0 Å². The van der Waals surface area contributed by atoms with Crippen molar-refractivity contribution in [3.8, 4) is 16.9 Å². The number of nitrogens with two attached hydrogens (primary N) is 1. The van der Waals surface area contributed by atoms with Gasteiger partial charge >= 0.3 is 5.97 Å². The molecule has 0 radical (unpaired) electrons. The summed E-state index contributed by atoms with van der Waals surface area (Å²) in [4.78, 5) is 11.7. The lowest BCUT2D eigenvalue weighted by Gasteiger charge is -2.14. The molecule has 0 spiro atoms. The summed E-state index contributed by atoms with van der Waals surface area (Å²) in [6, 6.07) is 13.0. The smallest absolute Gasteiger partial charge is 0.305 e. The van der Waals surface area contributed by atoms with E-state index < -0.39 is 11.2 Å². The van der Waals surface area contributed by atoms with Crippen LogP contribution in [0.5, 0.6) is 5.75 Å². The Morgan fingerprint density at radius 3 is 2.39 bits per heavy atom. The summed E-state index contributed by atoms with van der Waals surface area (Å²) in [6.45, 7) is 0.498. The van der Waals surface area contributed by atoms with Gasteiger partial charge < -0.3 is 19.8 Å². The number of methoxy groups -OCH3 is 1. The second-order valence-corrected chi connectivity index (χ2v) is 7.69. The minimum absolute atomic E-state index is 0.0252. The van der Waals surface area contributed by atoms with E-state index in [-0.39, 0.29) is 11.8 Å². The fourth-order valence-corrected chi connectivity index (χ4v) is 3.41. The van der Waals surface area contributed by atoms with Crippen molar-refractivity contribution in [1.29, 1.82) is 5.41 Å². The fourth-order valence-electron chi connectivity index (χ4n) is 2.71. The molecule has 0 bridgehead atoms. The van der Waals surface area contributed by atoms with Crippen molar-refractivity contribution < 1.29 is 18.8 Å². The number of nitrogen functional groups attached to an aromatic ring is 1. The van der Waals surface area contributed by atoms with Crippen molar-refractivity contribution in [2.45, 2.75) is 30.6 Å². The Morgan fingerprint density at radius 2 is 1.79 bits per heavy atom. The Kier molecular flexibility index (Phi) is 8.35. The van der Waals surface area contributed by atoms with Gasteiger partial charge in [0.15, 0.2) is 10.6 Å². The Balaban J connectivity index is 2.00. The molecule has 0 amide bonds. The van der Waals surface area contributed by atoms with Crippen molar-refractivity contribution in [3.63, 3.8) is 0 Å². The molecule has 150 valence electrons. The number of hydrogen-bond acceptors (Lipinski definition) is 5. The Hall–Kier alpha value is -2.51. The van der Waals surface area contributed by atoms with Crippen molar-refractivity contribution >= 4 is 23.0 Å². The van der Waals surface area contributed by atoms with Gasteiger partial charge in [-0.1, -0.05) is 30.3 Å². The summed E-state index contributed by atoms with van der Waals surface area (Å²) >= 11 is -1.19. The SMILES string of the molecule is COC(=O)CCCCCOc1ccc(-c2ccc(C(=N)N)cc2)cc1[S+](C)[O-]. The Morgan fingerprint density at radius 1 is 1.11 bits per heavy atom. The minimum atomic E-state index is -1.19. The number of nitrogens with one attached hydrogen (secondary N) is 1. The summed E-state index contributed by atoms with van der Waals surface area (Å²) in [6.07, 6.45) is 4.47. The molecule has 6 nitrogen and oxygen atoms in total. The number of ether oxygens (including phenoxy) is 2. The quantitative estimate of drug-likeness (QED) is 0.208. The molecule has 1 unspecified atom stereocenters. The van der Waals surface area contributed by atoms with Crippen LogP contribution in [0.15, 0.2) is 47.4 Å². The van der Waals surface area contributed by atoms with E-state index in [4.69, 9.17) is 15.9 Å². The van der Waals surface area contributed by atoms with Crippen LogP contribution in [0, 0.1) is 5.41 Å². The van der Waals surface area contributed by atoms with Gasteiger partial charge in [-0.05, 0) is 47.6 Å². The van der Waals surface area contributed by atoms with E-state index in [0.717, 1.165) is 30.4 Å². The number of carbonyl (C=O) groups excluding carboxylic acids is 1. The first kappa shape index (κ1) is 21.8. The molecular formula is C21H26N2O4S. The molecule has 2 aromatic rings. The molecule has 3 N–H and O–H groups in total. The molecule has 0 aliphatic carbocycles. The molecule has 7 heteroatoms. The first-order chi connectivity index (χ1) is 13.4. The average Bonchev–Trinajstić information content (AvgIpc) is 2.70. The summed E-state index contributed by atoms with van der Waals surface area (Å²) in [5.74, 6) is 0.437. The normalized spacial score (nSPS) is 11.7. The molecule has 0 aromatic heterocycles. The van der Waals surface area contributed by atoms with E-state index in [0.29, 0.717) is 29.2 Å². The maximum Gasteiger partial charge on any atom is 0.305 e. The van der Waals surface area contributed by atoms with Gasteiger partial charge in [0, 0.05) is 18.1 Å². The maximum atomic E-state index is 12.2. The van der Waals surface area contributed by atoms with E-state index in [9.17, 15) is 9.35 Å². The number of amidine groups is 1. The lowest BCUT2D eigenvalue weighted by molar-refractivity contribution is -0.140. The van der Waals surface area contributed by atoms with Crippen LogP contribution in [-0.4, -0.2) is 36.3 Å². The fraction of sp³-hybridized carbons (Fsp3) is 0.333. The zero-order valence-electron chi connectivity index (χ0n) is 16.2. The standard InChI is InChI=1S/C21H26N2O4S/c1-26-20(24)6-4-3-5-13-27-18-12-11-17(14-19(18)28(2)25)15-7-9-16(10-8-15)21(22)23/h7-12,14H,3-6,13H2,1-2H3,(H3,22,23). The highest BCUT2D eigenvalue weighted by molar-refractivity contribution is 7.90. The van der Waals surface area contributed by atoms with Crippen molar-refractivity contribution in [2.24, 2.45) is 5.73 Å². The van der Waals surface area contributed by atoms with E-state index in [1.165, 1.54) is 7.11 Å². The number of benzene rings is 2. The predicted octanol–water partition coefficient (Wildman–Crippen LogP) is 3.49. The molecule has 0 aliphatic heterocycles. The van der Waals surface area contributed by atoms with Gasteiger partial charge in [-0.25, -0.2) is 0 Å². The largest absolute Gasteiger partial charge is 0.612 e. The van der Waals surface area contributed by atoms with Crippen LogP contribution in [0.2, 0.25) is 0 Å². The van der Waals surface area contributed by atoms with Crippen LogP contribution < -0.4 is 10.5 Å². The number of esters is 1. The molecule has 28 heavy (non-hydrogen) atoms. The summed E-state index contributed by atoms with van der Waals surface area (Å²) < 4.78 is 22.6. The highest BCUT2D eigenvalue weighted by Gasteiger charge is 2.15. The van der Waals surface area contributed by atoms with Crippen molar-refractivity contribution in [2.75, 3.05) is 20.0 Å². The minimum Gasteiger partial charge on any atom is -0.612 e. The predicted molar refractivity (Wildman–Crippen MR) is 111 cm³/mol. The molecule has 0 fully saturated rings. The average molecular weight is 403 g/mol.